The van der Waals surface area contributed by atoms with E-state index in [0.29, 0.717) is 29.8 Å². The van der Waals surface area contributed by atoms with Gasteiger partial charge in [-0.3, -0.25) is 0 Å². The molecule has 2 aliphatic carbocycles. The summed E-state index contributed by atoms with van der Waals surface area (Å²) in [5.41, 5.74) is 1.64. The highest BCUT2D eigenvalue weighted by Crippen LogP contribution is 2.61. The molecule has 0 spiro atoms. The third-order valence-corrected chi connectivity index (χ3v) is 5.19. The summed E-state index contributed by atoms with van der Waals surface area (Å²) in [7, 11) is 0. The van der Waals surface area contributed by atoms with Crippen LogP contribution < -0.4 is 0 Å². The first-order valence-corrected chi connectivity index (χ1v) is 6.73. The maximum Gasteiger partial charge on any atom is 0.348 e. The van der Waals surface area contributed by atoms with Crippen molar-refractivity contribution < 1.29 is 9.53 Å². The van der Waals surface area contributed by atoms with Crippen LogP contribution in [0.4, 0.5) is 0 Å². The van der Waals surface area contributed by atoms with Gasteiger partial charge in [0.25, 0.3) is 0 Å². The van der Waals surface area contributed by atoms with E-state index >= 15 is 0 Å². The van der Waals surface area contributed by atoms with Crippen LogP contribution in [-0.2, 0) is 9.53 Å². The molecule has 0 amide bonds. The van der Waals surface area contributed by atoms with Gasteiger partial charge in [0.1, 0.15) is 11.6 Å². The lowest BCUT2D eigenvalue weighted by Crippen LogP contribution is -2.30. The molecule has 2 saturated carbocycles. The monoisotopic (exact) mass is 247 g/mol. The van der Waals surface area contributed by atoms with Gasteiger partial charge in [0.05, 0.1) is 6.61 Å². The molecule has 3 heteroatoms. The number of hydrogen-bond acceptors (Lipinski definition) is 3. The van der Waals surface area contributed by atoms with Crippen LogP contribution in [0.1, 0.15) is 40.5 Å². The van der Waals surface area contributed by atoms with E-state index < -0.39 is 5.97 Å². The topological polar surface area (TPSA) is 50.1 Å². The Hall–Kier alpha value is -1.30. The SMILES string of the molecule is CCOC(=O)/C(C#N)=C1\C[C@H]2C[C@@H]1[C@@H](C)C2(C)C. The van der Waals surface area contributed by atoms with E-state index in [9.17, 15) is 10.1 Å². The molecule has 2 bridgehead atoms. The Kier molecular flexibility index (Phi) is 3.23. The number of nitriles is 1. The van der Waals surface area contributed by atoms with Gasteiger partial charge >= 0.3 is 5.97 Å². The Bertz CT molecular complexity index is 438. The minimum Gasteiger partial charge on any atom is -0.462 e. The Labute approximate surface area is 109 Å². The summed E-state index contributed by atoms with van der Waals surface area (Å²) in [5, 5.41) is 9.22. The predicted octanol–water partition coefficient (Wildman–Crippen LogP) is 3.07. The van der Waals surface area contributed by atoms with Crippen LogP contribution in [0.15, 0.2) is 11.1 Å². The zero-order valence-electron chi connectivity index (χ0n) is 11.6. The molecule has 0 radical (unpaired) electrons. The average Bonchev–Trinajstić information content (AvgIpc) is 2.81. The maximum atomic E-state index is 11.8. The standard InChI is InChI=1S/C15H21NO2/c1-5-18-14(17)13(8-16)12-7-10-6-11(12)9(2)15(10,3)4/h9-11H,5-7H2,1-4H3/b13-12+/t9-,10-,11-/m1/s1. The van der Waals surface area contributed by atoms with Crippen molar-refractivity contribution in [2.75, 3.05) is 6.61 Å². The Balaban J connectivity index is 2.32. The molecule has 0 aromatic carbocycles. The molecule has 18 heavy (non-hydrogen) atoms. The van der Waals surface area contributed by atoms with Crippen LogP contribution in [0.3, 0.4) is 0 Å². The molecule has 0 N–H and O–H groups in total. The van der Waals surface area contributed by atoms with Gasteiger partial charge in [-0.05, 0) is 48.5 Å². The van der Waals surface area contributed by atoms with Crippen LogP contribution in [0.5, 0.6) is 0 Å². The second kappa shape index (κ2) is 4.42. The van der Waals surface area contributed by atoms with Crippen LogP contribution in [0, 0.1) is 34.5 Å². The van der Waals surface area contributed by atoms with Gasteiger partial charge in [-0.15, -0.1) is 0 Å². The van der Waals surface area contributed by atoms with Gasteiger partial charge in [-0.1, -0.05) is 20.8 Å². The summed E-state index contributed by atoms with van der Waals surface area (Å²) in [4.78, 5) is 11.8. The van der Waals surface area contributed by atoms with Gasteiger partial charge in [0, 0.05) is 0 Å². The summed E-state index contributed by atoms with van der Waals surface area (Å²) >= 11 is 0. The number of rotatable bonds is 2. The molecule has 2 rings (SSSR count). The highest BCUT2D eigenvalue weighted by molar-refractivity contribution is 5.94. The highest BCUT2D eigenvalue weighted by Gasteiger charge is 2.53. The smallest absolute Gasteiger partial charge is 0.348 e. The zero-order chi connectivity index (χ0) is 13.5. The first-order chi connectivity index (χ1) is 8.43. The number of allylic oxidation sites excluding steroid dienone is 1. The van der Waals surface area contributed by atoms with Crippen LogP contribution in [0.25, 0.3) is 0 Å². The maximum absolute atomic E-state index is 11.8. The molecule has 2 fully saturated rings. The lowest BCUT2D eigenvalue weighted by molar-refractivity contribution is -0.138. The summed E-state index contributed by atoms with van der Waals surface area (Å²) in [6.45, 7) is 8.94. The fourth-order valence-corrected chi connectivity index (χ4v) is 3.65. The summed E-state index contributed by atoms with van der Waals surface area (Å²) in [6, 6.07) is 2.07. The molecule has 3 nitrogen and oxygen atoms in total. The van der Waals surface area contributed by atoms with Crippen LogP contribution >= 0.6 is 0 Å². The van der Waals surface area contributed by atoms with Crippen molar-refractivity contribution in [2.24, 2.45) is 23.2 Å². The lowest BCUT2D eigenvalue weighted by atomic mass is 9.67. The second-order valence-corrected chi connectivity index (χ2v) is 6.09. The van der Waals surface area contributed by atoms with Crippen LogP contribution in [0.2, 0.25) is 0 Å². The molecule has 0 aromatic heterocycles. The van der Waals surface area contributed by atoms with Crippen molar-refractivity contribution in [2.45, 2.75) is 40.5 Å². The second-order valence-electron chi connectivity index (χ2n) is 6.09. The van der Waals surface area contributed by atoms with Crippen molar-refractivity contribution in [1.82, 2.24) is 0 Å². The molecular formula is C15H21NO2. The van der Waals surface area contributed by atoms with E-state index in [0.717, 1.165) is 18.4 Å². The quantitative estimate of drug-likeness (QED) is 0.428. The zero-order valence-corrected chi connectivity index (χ0v) is 11.6. The first kappa shape index (κ1) is 13.1. The fraction of sp³-hybridized carbons (Fsp3) is 0.733. The normalized spacial score (nSPS) is 35.2. The van der Waals surface area contributed by atoms with E-state index in [-0.39, 0.29) is 5.57 Å². The Morgan fingerprint density at radius 2 is 2.22 bits per heavy atom. The van der Waals surface area contributed by atoms with E-state index in [4.69, 9.17) is 4.74 Å². The summed E-state index contributed by atoms with van der Waals surface area (Å²) < 4.78 is 4.98. The minimum absolute atomic E-state index is 0.270. The third-order valence-electron chi connectivity index (χ3n) is 5.19. The van der Waals surface area contributed by atoms with Crippen molar-refractivity contribution in [1.29, 1.82) is 5.26 Å². The molecule has 0 unspecified atom stereocenters. The number of esters is 1. The molecule has 0 saturated heterocycles. The third kappa shape index (κ3) is 1.75. The molecule has 98 valence electrons. The van der Waals surface area contributed by atoms with E-state index in [2.05, 4.69) is 26.8 Å². The largest absolute Gasteiger partial charge is 0.462 e. The average molecular weight is 247 g/mol. The number of fused-ring (bicyclic) bond motifs is 2. The number of carbonyl (C=O) groups excluding carboxylic acids is 1. The van der Waals surface area contributed by atoms with Crippen molar-refractivity contribution in [3.8, 4) is 6.07 Å². The van der Waals surface area contributed by atoms with Gasteiger partial charge in [-0.25, -0.2) is 4.79 Å². The predicted molar refractivity (Wildman–Crippen MR) is 68.4 cm³/mol. The highest BCUT2D eigenvalue weighted by atomic mass is 16.5. The van der Waals surface area contributed by atoms with Crippen molar-refractivity contribution in [3.63, 3.8) is 0 Å². The molecule has 3 atom stereocenters. The molecule has 0 heterocycles. The Morgan fingerprint density at radius 3 is 2.67 bits per heavy atom. The lowest BCUT2D eigenvalue weighted by Gasteiger charge is -2.37. The summed E-state index contributed by atoms with van der Waals surface area (Å²) in [6.07, 6.45) is 2.01. The summed E-state index contributed by atoms with van der Waals surface area (Å²) in [5.74, 6) is 1.09. The van der Waals surface area contributed by atoms with E-state index in [1.54, 1.807) is 6.92 Å². The Morgan fingerprint density at radius 1 is 1.56 bits per heavy atom. The van der Waals surface area contributed by atoms with E-state index in [1.807, 2.05) is 0 Å². The van der Waals surface area contributed by atoms with Gasteiger partial charge in [-0.2, -0.15) is 5.26 Å². The molecule has 0 aromatic rings. The molecule has 2 aliphatic rings. The van der Waals surface area contributed by atoms with Gasteiger partial charge < -0.3 is 4.74 Å². The van der Waals surface area contributed by atoms with Gasteiger partial charge in [0.15, 0.2) is 0 Å². The van der Waals surface area contributed by atoms with Crippen molar-refractivity contribution in [3.05, 3.63) is 11.1 Å². The minimum atomic E-state index is -0.437. The van der Waals surface area contributed by atoms with Crippen LogP contribution in [-0.4, -0.2) is 12.6 Å². The number of ether oxygens (including phenoxy) is 1. The first-order valence-electron chi connectivity index (χ1n) is 6.73. The van der Waals surface area contributed by atoms with E-state index in [1.165, 1.54) is 0 Å². The number of carbonyl (C=O) groups is 1. The van der Waals surface area contributed by atoms with Gasteiger partial charge in [0.2, 0.25) is 0 Å². The molecule has 0 aliphatic heterocycles. The number of nitrogens with zero attached hydrogens (tertiary/aromatic N) is 1. The van der Waals surface area contributed by atoms with Crippen molar-refractivity contribution >= 4 is 5.97 Å². The molecular weight excluding hydrogens is 226 g/mol. The number of hydrogen-bond donors (Lipinski definition) is 0. The fourth-order valence-electron chi connectivity index (χ4n) is 3.65.